The zero-order valence-electron chi connectivity index (χ0n) is 11.4. The molecule has 2 aromatic heterocycles. The van der Waals surface area contributed by atoms with Crippen molar-refractivity contribution in [2.75, 3.05) is 6.93 Å². The molecule has 0 saturated carbocycles. The van der Waals surface area contributed by atoms with Crippen molar-refractivity contribution in [2.45, 2.75) is 6.92 Å². The first kappa shape index (κ1) is 16.1. The molecule has 0 atom stereocenters. The second-order valence-electron chi connectivity index (χ2n) is 4.30. The molecule has 0 spiro atoms. The van der Waals surface area contributed by atoms with E-state index in [1.807, 2.05) is 6.92 Å². The summed E-state index contributed by atoms with van der Waals surface area (Å²) in [5, 5.41) is 0.614. The highest BCUT2D eigenvalue weighted by Crippen LogP contribution is 2.19. The van der Waals surface area contributed by atoms with Crippen LogP contribution in [0.2, 0.25) is 5.02 Å². The quantitative estimate of drug-likeness (QED) is 0.641. The lowest BCUT2D eigenvalue weighted by Gasteiger charge is -2.10. The van der Waals surface area contributed by atoms with Crippen molar-refractivity contribution in [3.63, 3.8) is 0 Å². The number of hydrogen-bond donors (Lipinski definition) is 0. The van der Waals surface area contributed by atoms with Gasteiger partial charge in [-0.2, -0.15) is 4.39 Å². The predicted octanol–water partition coefficient (Wildman–Crippen LogP) is 3.47. The third-order valence-corrected chi connectivity index (χ3v) is 3.36. The number of imidazole rings is 1. The van der Waals surface area contributed by atoms with E-state index in [-0.39, 0.29) is 0 Å². The highest BCUT2D eigenvalue weighted by Gasteiger charge is 2.11. The molecule has 0 aliphatic carbocycles. The van der Waals surface area contributed by atoms with Gasteiger partial charge in [-0.15, -0.1) is 0 Å². The maximum absolute atomic E-state index is 13.6. The second-order valence-corrected chi connectivity index (χ2v) is 4.70. The first-order chi connectivity index (χ1) is 10.5. The van der Waals surface area contributed by atoms with E-state index in [2.05, 4.69) is 4.98 Å². The molecule has 0 unspecified atom stereocenters. The summed E-state index contributed by atoms with van der Waals surface area (Å²) in [6.45, 7) is 0.0912. The topological polar surface area (TPSA) is 39.3 Å². The Balaban J connectivity index is 0.000000545. The predicted molar refractivity (Wildman–Crippen MR) is 77.6 cm³/mol. The molecule has 3 rings (SSSR count). The largest absolute Gasteiger partial charge is 0.269 e. The van der Waals surface area contributed by atoms with Gasteiger partial charge in [0.2, 0.25) is 12.9 Å². The van der Waals surface area contributed by atoms with E-state index >= 15 is 0 Å². The van der Waals surface area contributed by atoms with Crippen LogP contribution in [0.3, 0.4) is 0 Å². The molecule has 0 radical (unpaired) electrons. The lowest BCUT2D eigenvalue weighted by molar-refractivity contribution is 0.295. The van der Waals surface area contributed by atoms with Crippen LogP contribution >= 0.6 is 11.6 Å². The lowest BCUT2D eigenvalue weighted by atomic mass is 10.2. The van der Waals surface area contributed by atoms with Crippen LogP contribution in [0.1, 0.15) is 5.56 Å². The monoisotopic (exact) mass is 329 g/mol. The number of aromatic nitrogens is 3. The molecule has 22 heavy (non-hydrogen) atoms. The van der Waals surface area contributed by atoms with E-state index in [4.69, 9.17) is 11.6 Å². The molecule has 8 heteroatoms. The van der Waals surface area contributed by atoms with Crippen LogP contribution in [-0.4, -0.2) is 20.9 Å². The number of benzene rings is 1. The molecular weight excluding hydrogens is 319 g/mol. The van der Waals surface area contributed by atoms with Crippen molar-refractivity contribution >= 4 is 17.2 Å². The molecule has 116 valence electrons. The fourth-order valence-corrected chi connectivity index (χ4v) is 2.11. The van der Waals surface area contributed by atoms with Crippen molar-refractivity contribution in [1.82, 2.24) is 14.0 Å². The molecule has 0 aliphatic heterocycles. The first-order valence-corrected chi connectivity index (χ1v) is 6.49. The van der Waals surface area contributed by atoms with E-state index in [1.165, 1.54) is 21.5 Å². The minimum absolute atomic E-state index is 0.367. The SMILES string of the molecule is Cc1cc(-n2c(=O)cc(F)n3cncc23)ccc1Cl.FCF. The van der Waals surface area contributed by atoms with E-state index < -0.39 is 18.4 Å². The van der Waals surface area contributed by atoms with E-state index in [0.29, 0.717) is 16.4 Å². The highest BCUT2D eigenvalue weighted by molar-refractivity contribution is 6.31. The van der Waals surface area contributed by atoms with E-state index in [1.54, 1.807) is 18.2 Å². The Morgan fingerprint density at radius 1 is 1.27 bits per heavy atom. The fraction of sp³-hybridized carbons (Fsp3) is 0.143. The summed E-state index contributed by atoms with van der Waals surface area (Å²) in [4.78, 5) is 15.9. The summed E-state index contributed by atoms with van der Waals surface area (Å²) < 4.78 is 35.5. The summed E-state index contributed by atoms with van der Waals surface area (Å²) in [6, 6.07) is 6.11. The molecule has 0 amide bonds. The standard InChI is InChI=1S/C13H9ClFN3O.CH2F2/c1-8-4-9(2-3-10(8)14)18-12-6-16-7-17(12)11(15)5-13(18)19;2-1-3/h2-7H,1H3;1H2. The Bertz CT molecular complexity index is 860. The van der Waals surface area contributed by atoms with Crippen molar-refractivity contribution in [2.24, 2.45) is 0 Å². The first-order valence-electron chi connectivity index (χ1n) is 6.11. The Kier molecular flexibility index (Phi) is 4.87. The molecule has 0 saturated heterocycles. The van der Waals surface area contributed by atoms with Gasteiger partial charge in [-0.3, -0.25) is 13.8 Å². The number of halogens is 4. The van der Waals surface area contributed by atoms with Crippen LogP contribution in [0.25, 0.3) is 11.3 Å². The summed E-state index contributed by atoms with van der Waals surface area (Å²) in [6.07, 6.45) is 2.76. The number of nitrogens with zero attached hydrogens (tertiary/aromatic N) is 3. The van der Waals surface area contributed by atoms with Crippen molar-refractivity contribution in [3.8, 4) is 5.69 Å². The normalized spacial score (nSPS) is 10.4. The average molecular weight is 330 g/mol. The van der Waals surface area contributed by atoms with Crippen molar-refractivity contribution < 1.29 is 13.2 Å². The second kappa shape index (κ2) is 6.65. The molecule has 0 aliphatic rings. The maximum atomic E-state index is 13.6. The van der Waals surface area contributed by atoms with Crippen LogP contribution in [0.4, 0.5) is 13.2 Å². The van der Waals surface area contributed by atoms with E-state index in [9.17, 15) is 18.0 Å². The summed E-state index contributed by atoms with van der Waals surface area (Å²) in [5.41, 5.74) is 1.38. The molecule has 3 aromatic rings. The van der Waals surface area contributed by atoms with Crippen molar-refractivity contribution in [3.05, 3.63) is 63.7 Å². The van der Waals surface area contributed by atoms with Gasteiger partial charge < -0.3 is 0 Å². The summed E-state index contributed by atoms with van der Waals surface area (Å²) in [7, 11) is 0. The third kappa shape index (κ3) is 2.99. The number of hydrogen-bond acceptors (Lipinski definition) is 2. The molecule has 0 bridgehead atoms. The minimum Gasteiger partial charge on any atom is -0.269 e. The number of rotatable bonds is 1. The summed E-state index contributed by atoms with van der Waals surface area (Å²) in [5.74, 6) is -0.639. The van der Waals surface area contributed by atoms with Gasteiger partial charge in [0.1, 0.15) is 12.0 Å². The molecular formula is C14H11ClF3N3O. The molecule has 0 fully saturated rings. The zero-order valence-corrected chi connectivity index (χ0v) is 12.2. The van der Waals surface area contributed by atoms with Crippen LogP contribution in [0.5, 0.6) is 0 Å². The number of aryl methyl sites for hydroxylation is 1. The smallest absolute Gasteiger partial charge is 0.261 e. The van der Waals surface area contributed by atoms with Crippen LogP contribution in [-0.2, 0) is 0 Å². The summed E-state index contributed by atoms with van der Waals surface area (Å²) >= 11 is 5.97. The third-order valence-electron chi connectivity index (χ3n) is 2.94. The minimum atomic E-state index is -1.75. The molecule has 0 N–H and O–H groups in total. The van der Waals surface area contributed by atoms with Gasteiger partial charge >= 0.3 is 0 Å². The van der Waals surface area contributed by atoms with Gasteiger partial charge in [0.15, 0.2) is 0 Å². The Morgan fingerprint density at radius 3 is 2.59 bits per heavy atom. The number of alkyl halides is 2. The number of fused-ring (bicyclic) bond motifs is 1. The Morgan fingerprint density at radius 2 is 1.95 bits per heavy atom. The van der Waals surface area contributed by atoms with Gasteiger partial charge in [-0.25, -0.2) is 13.8 Å². The van der Waals surface area contributed by atoms with Crippen molar-refractivity contribution in [1.29, 1.82) is 0 Å². The Labute approximate surface area is 128 Å². The molecule has 2 heterocycles. The highest BCUT2D eigenvalue weighted by atomic mass is 35.5. The zero-order chi connectivity index (χ0) is 16.3. The fourth-order valence-electron chi connectivity index (χ4n) is 1.99. The maximum Gasteiger partial charge on any atom is 0.261 e. The van der Waals surface area contributed by atoms with Gasteiger partial charge in [0.05, 0.1) is 18.0 Å². The lowest BCUT2D eigenvalue weighted by Crippen LogP contribution is -2.21. The van der Waals surface area contributed by atoms with Gasteiger partial charge in [0, 0.05) is 5.02 Å². The van der Waals surface area contributed by atoms with E-state index in [0.717, 1.165) is 11.6 Å². The Hall–Kier alpha value is -2.28. The van der Waals surface area contributed by atoms with Crippen LogP contribution in [0.15, 0.2) is 41.6 Å². The van der Waals surface area contributed by atoms with Crippen LogP contribution < -0.4 is 5.56 Å². The van der Waals surface area contributed by atoms with Crippen LogP contribution in [0, 0.1) is 12.9 Å². The van der Waals surface area contributed by atoms with Gasteiger partial charge in [0.25, 0.3) is 5.56 Å². The molecule has 4 nitrogen and oxygen atoms in total. The van der Waals surface area contributed by atoms with Gasteiger partial charge in [-0.05, 0) is 30.7 Å². The molecule has 1 aromatic carbocycles. The average Bonchev–Trinajstić information content (AvgIpc) is 2.93. The van der Waals surface area contributed by atoms with Gasteiger partial charge in [-0.1, -0.05) is 11.6 Å².